The molecule has 0 atom stereocenters. The number of hydrogen-bond acceptors (Lipinski definition) is 4. The number of imidazole rings is 1. The van der Waals surface area contributed by atoms with Gasteiger partial charge in [-0.15, -0.1) is 11.3 Å². The molecule has 0 radical (unpaired) electrons. The molecule has 1 amide bonds. The lowest BCUT2D eigenvalue weighted by atomic mass is 9.85. The molecule has 1 saturated carbocycles. The van der Waals surface area contributed by atoms with E-state index < -0.39 is 0 Å². The van der Waals surface area contributed by atoms with Gasteiger partial charge in [0, 0.05) is 22.9 Å². The topological polar surface area (TPSA) is 70.7 Å². The SMILES string of the molecule is CC(C)c1nc(CC(=O)Nc2ccc3nc(C4CCC4)[nH]c3c2)cs1. The van der Waals surface area contributed by atoms with Gasteiger partial charge in [0.05, 0.1) is 28.2 Å². The average molecular weight is 354 g/mol. The molecule has 25 heavy (non-hydrogen) atoms. The Morgan fingerprint density at radius 3 is 2.88 bits per heavy atom. The Bertz CT molecular complexity index is 907. The summed E-state index contributed by atoms with van der Waals surface area (Å²) in [6.45, 7) is 4.22. The van der Waals surface area contributed by atoms with Gasteiger partial charge in [-0.25, -0.2) is 9.97 Å². The first-order valence-corrected chi connectivity index (χ1v) is 9.70. The summed E-state index contributed by atoms with van der Waals surface area (Å²) >= 11 is 1.62. The molecular weight excluding hydrogens is 332 g/mol. The van der Waals surface area contributed by atoms with Gasteiger partial charge in [-0.2, -0.15) is 0 Å². The van der Waals surface area contributed by atoms with Gasteiger partial charge in [0.25, 0.3) is 0 Å². The Hall–Kier alpha value is -2.21. The van der Waals surface area contributed by atoms with E-state index in [9.17, 15) is 4.79 Å². The lowest BCUT2D eigenvalue weighted by Crippen LogP contribution is -2.14. The van der Waals surface area contributed by atoms with Crippen LogP contribution in [0.25, 0.3) is 11.0 Å². The second kappa shape index (κ2) is 6.59. The minimum absolute atomic E-state index is 0.0429. The van der Waals surface area contributed by atoms with E-state index in [0.29, 0.717) is 18.3 Å². The Labute approximate surface area is 150 Å². The summed E-state index contributed by atoms with van der Waals surface area (Å²) in [6, 6.07) is 5.83. The zero-order valence-corrected chi connectivity index (χ0v) is 15.3. The number of fused-ring (bicyclic) bond motifs is 1. The molecule has 3 aromatic rings. The molecule has 1 aliphatic carbocycles. The largest absolute Gasteiger partial charge is 0.342 e. The Balaban J connectivity index is 1.44. The lowest BCUT2D eigenvalue weighted by molar-refractivity contribution is -0.115. The number of H-pyrrole nitrogens is 1. The number of anilines is 1. The van der Waals surface area contributed by atoms with Crippen LogP contribution in [0.3, 0.4) is 0 Å². The van der Waals surface area contributed by atoms with Crippen LogP contribution in [-0.4, -0.2) is 20.9 Å². The van der Waals surface area contributed by atoms with Gasteiger partial charge >= 0.3 is 0 Å². The highest BCUT2D eigenvalue weighted by Gasteiger charge is 2.22. The fraction of sp³-hybridized carbons (Fsp3) is 0.421. The molecule has 2 aromatic heterocycles. The van der Waals surface area contributed by atoms with Crippen molar-refractivity contribution in [3.05, 3.63) is 40.1 Å². The van der Waals surface area contributed by atoms with Crippen LogP contribution in [0.15, 0.2) is 23.6 Å². The molecule has 4 rings (SSSR count). The van der Waals surface area contributed by atoms with Crippen LogP contribution < -0.4 is 5.32 Å². The van der Waals surface area contributed by atoms with Crippen molar-refractivity contribution in [2.45, 2.75) is 51.4 Å². The summed E-state index contributed by atoms with van der Waals surface area (Å²) in [6.07, 6.45) is 4.03. The Morgan fingerprint density at radius 2 is 2.20 bits per heavy atom. The number of amides is 1. The zero-order valence-electron chi connectivity index (χ0n) is 14.5. The van der Waals surface area contributed by atoms with Gasteiger partial charge in [-0.1, -0.05) is 20.3 Å². The monoisotopic (exact) mass is 354 g/mol. The van der Waals surface area contributed by atoms with Crippen LogP contribution in [-0.2, 0) is 11.2 Å². The van der Waals surface area contributed by atoms with Crippen LogP contribution in [0.5, 0.6) is 0 Å². The fourth-order valence-corrected chi connectivity index (χ4v) is 3.86. The number of benzene rings is 1. The minimum atomic E-state index is -0.0429. The molecule has 0 unspecified atom stereocenters. The summed E-state index contributed by atoms with van der Waals surface area (Å²) in [5.41, 5.74) is 3.57. The molecule has 0 spiro atoms. The van der Waals surface area contributed by atoms with Gasteiger partial charge in [0.2, 0.25) is 5.91 Å². The van der Waals surface area contributed by atoms with E-state index in [0.717, 1.165) is 33.2 Å². The van der Waals surface area contributed by atoms with Gasteiger partial charge in [0.1, 0.15) is 5.82 Å². The number of aromatic nitrogens is 3. The fourth-order valence-electron chi connectivity index (χ4n) is 3.02. The number of nitrogens with one attached hydrogen (secondary N) is 2. The van der Waals surface area contributed by atoms with Crippen molar-refractivity contribution < 1.29 is 4.79 Å². The molecule has 0 saturated heterocycles. The van der Waals surface area contributed by atoms with E-state index in [4.69, 9.17) is 0 Å². The van der Waals surface area contributed by atoms with Gasteiger partial charge in [-0.05, 0) is 31.0 Å². The Morgan fingerprint density at radius 1 is 1.36 bits per heavy atom. The third-order valence-electron chi connectivity index (χ3n) is 4.68. The summed E-state index contributed by atoms with van der Waals surface area (Å²) in [4.78, 5) is 24.9. The normalized spacial score (nSPS) is 14.8. The van der Waals surface area contributed by atoms with E-state index in [1.54, 1.807) is 11.3 Å². The number of thiazole rings is 1. The highest BCUT2D eigenvalue weighted by Crippen LogP contribution is 2.35. The third-order valence-corrected chi connectivity index (χ3v) is 5.88. The van der Waals surface area contributed by atoms with Crippen molar-refractivity contribution in [3.8, 4) is 0 Å². The summed E-state index contributed by atoms with van der Waals surface area (Å²) in [7, 11) is 0. The number of carbonyl (C=O) groups excluding carboxylic acids is 1. The predicted octanol–water partition coefficient (Wildman–Crippen LogP) is 4.59. The molecular formula is C19H22N4OS. The quantitative estimate of drug-likeness (QED) is 0.704. The lowest BCUT2D eigenvalue weighted by Gasteiger charge is -2.22. The molecule has 6 heteroatoms. The van der Waals surface area contributed by atoms with Crippen molar-refractivity contribution >= 4 is 34.0 Å². The van der Waals surface area contributed by atoms with Gasteiger partial charge < -0.3 is 10.3 Å². The van der Waals surface area contributed by atoms with Crippen LogP contribution >= 0.6 is 11.3 Å². The maximum Gasteiger partial charge on any atom is 0.230 e. The van der Waals surface area contributed by atoms with E-state index in [-0.39, 0.29) is 5.91 Å². The van der Waals surface area contributed by atoms with Crippen LogP contribution in [0.4, 0.5) is 5.69 Å². The third kappa shape index (κ3) is 3.44. The van der Waals surface area contributed by atoms with Crippen LogP contribution in [0, 0.1) is 0 Å². The van der Waals surface area contributed by atoms with Crippen LogP contribution in [0.1, 0.15) is 61.5 Å². The molecule has 2 N–H and O–H groups in total. The highest BCUT2D eigenvalue weighted by atomic mass is 32.1. The van der Waals surface area contributed by atoms with Crippen molar-refractivity contribution in [1.29, 1.82) is 0 Å². The molecule has 1 aliphatic rings. The zero-order chi connectivity index (χ0) is 17.4. The maximum absolute atomic E-state index is 12.3. The number of nitrogens with zero attached hydrogens (tertiary/aromatic N) is 2. The summed E-state index contributed by atoms with van der Waals surface area (Å²) < 4.78 is 0. The number of rotatable bonds is 5. The highest BCUT2D eigenvalue weighted by molar-refractivity contribution is 7.09. The molecule has 1 fully saturated rings. The number of aromatic amines is 1. The van der Waals surface area contributed by atoms with E-state index in [2.05, 4.69) is 34.1 Å². The van der Waals surface area contributed by atoms with E-state index in [1.165, 1.54) is 19.3 Å². The van der Waals surface area contributed by atoms with E-state index in [1.807, 2.05) is 23.6 Å². The first-order valence-electron chi connectivity index (χ1n) is 8.82. The second-order valence-electron chi connectivity index (χ2n) is 7.04. The van der Waals surface area contributed by atoms with Crippen molar-refractivity contribution in [3.63, 3.8) is 0 Å². The molecule has 130 valence electrons. The van der Waals surface area contributed by atoms with Crippen molar-refractivity contribution in [2.75, 3.05) is 5.32 Å². The summed E-state index contributed by atoms with van der Waals surface area (Å²) in [5.74, 6) is 2.01. The summed E-state index contributed by atoms with van der Waals surface area (Å²) in [5, 5.41) is 6.01. The maximum atomic E-state index is 12.3. The van der Waals surface area contributed by atoms with Gasteiger partial charge in [0.15, 0.2) is 0 Å². The standard InChI is InChI=1S/C19H22N4OS/c1-11(2)19-21-14(10-25-19)9-17(24)20-13-6-7-15-16(8-13)23-18(22-15)12-4-3-5-12/h6-8,10-12H,3-5,9H2,1-2H3,(H,20,24)(H,22,23). The molecule has 0 bridgehead atoms. The van der Waals surface area contributed by atoms with Crippen LogP contribution in [0.2, 0.25) is 0 Å². The van der Waals surface area contributed by atoms with Crippen molar-refractivity contribution in [1.82, 2.24) is 15.0 Å². The second-order valence-corrected chi connectivity index (χ2v) is 7.93. The molecule has 2 heterocycles. The smallest absolute Gasteiger partial charge is 0.230 e. The van der Waals surface area contributed by atoms with E-state index >= 15 is 0 Å². The van der Waals surface area contributed by atoms with Gasteiger partial charge in [-0.3, -0.25) is 4.79 Å². The first-order chi connectivity index (χ1) is 12.1. The number of hydrogen-bond donors (Lipinski definition) is 2. The number of carbonyl (C=O) groups is 1. The first kappa shape index (κ1) is 16.3. The Kier molecular flexibility index (Phi) is 4.29. The molecule has 1 aromatic carbocycles. The average Bonchev–Trinajstić information content (AvgIpc) is 3.11. The molecule has 5 nitrogen and oxygen atoms in total. The minimum Gasteiger partial charge on any atom is -0.342 e. The molecule has 0 aliphatic heterocycles. The van der Waals surface area contributed by atoms with Crippen molar-refractivity contribution in [2.24, 2.45) is 0 Å². The predicted molar refractivity (Wildman–Crippen MR) is 101 cm³/mol.